The number of nitrogens with zero attached hydrogens (tertiary/aromatic N) is 1. The average Bonchev–Trinajstić information content (AvgIpc) is 2.90. The molecule has 100 valence electrons. The lowest BCUT2D eigenvalue weighted by atomic mass is 10.2. The molecule has 0 saturated heterocycles. The summed E-state index contributed by atoms with van der Waals surface area (Å²) in [6.45, 7) is 0. The van der Waals surface area contributed by atoms with Gasteiger partial charge in [-0.15, -0.1) is 0 Å². The molecule has 0 unspecified atom stereocenters. The van der Waals surface area contributed by atoms with E-state index in [2.05, 4.69) is 15.3 Å². The number of hydrogen-bond donors (Lipinski definition) is 2. The number of aromatic amines is 1. The van der Waals surface area contributed by atoms with Crippen molar-refractivity contribution in [3.8, 4) is 0 Å². The minimum absolute atomic E-state index is 0.0701. The van der Waals surface area contributed by atoms with Gasteiger partial charge in [0, 0.05) is 18.3 Å². The van der Waals surface area contributed by atoms with Gasteiger partial charge in [-0.25, -0.2) is 18.2 Å². The number of carbonyl (C=O) groups excluding carboxylic acids is 1. The first-order chi connectivity index (χ1) is 9.08. The SMILES string of the molecule is O=C(CCc1cnc[nH]1)Nc1ccc(F)c(F)c1F. The fourth-order valence-electron chi connectivity index (χ4n) is 1.50. The van der Waals surface area contributed by atoms with Crippen molar-refractivity contribution in [1.82, 2.24) is 9.97 Å². The highest BCUT2D eigenvalue weighted by Gasteiger charge is 2.15. The number of aryl methyl sites for hydroxylation is 1. The van der Waals surface area contributed by atoms with Gasteiger partial charge in [0.1, 0.15) is 0 Å². The molecule has 2 N–H and O–H groups in total. The number of carbonyl (C=O) groups is 1. The van der Waals surface area contributed by atoms with Crippen LogP contribution in [0.1, 0.15) is 12.1 Å². The van der Waals surface area contributed by atoms with E-state index in [0.29, 0.717) is 6.42 Å². The van der Waals surface area contributed by atoms with Gasteiger partial charge in [0.25, 0.3) is 0 Å². The third-order valence-corrected chi connectivity index (χ3v) is 2.49. The van der Waals surface area contributed by atoms with Crippen LogP contribution >= 0.6 is 0 Å². The Bertz CT molecular complexity index is 584. The minimum Gasteiger partial charge on any atom is -0.348 e. The van der Waals surface area contributed by atoms with Crippen LogP contribution in [0.15, 0.2) is 24.7 Å². The van der Waals surface area contributed by atoms with Crippen molar-refractivity contribution in [1.29, 1.82) is 0 Å². The molecule has 0 aliphatic rings. The molecule has 4 nitrogen and oxygen atoms in total. The summed E-state index contributed by atoms with van der Waals surface area (Å²) < 4.78 is 38.9. The molecule has 1 aromatic carbocycles. The van der Waals surface area contributed by atoms with E-state index in [0.717, 1.165) is 17.8 Å². The average molecular weight is 269 g/mol. The Morgan fingerprint density at radius 1 is 1.26 bits per heavy atom. The van der Waals surface area contributed by atoms with Crippen molar-refractivity contribution in [2.45, 2.75) is 12.8 Å². The molecule has 19 heavy (non-hydrogen) atoms. The maximum absolute atomic E-state index is 13.3. The summed E-state index contributed by atoms with van der Waals surface area (Å²) in [6.07, 6.45) is 3.49. The van der Waals surface area contributed by atoms with Gasteiger partial charge in [0.05, 0.1) is 12.0 Å². The summed E-state index contributed by atoms with van der Waals surface area (Å²) in [6, 6.07) is 1.73. The highest BCUT2D eigenvalue weighted by Crippen LogP contribution is 2.19. The topological polar surface area (TPSA) is 57.8 Å². The maximum atomic E-state index is 13.3. The second kappa shape index (κ2) is 5.55. The Labute approximate surface area is 106 Å². The molecular weight excluding hydrogens is 259 g/mol. The van der Waals surface area contributed by atoms with Crippen LogP contribution in [-0.2, 0) is 11.2 Å². The van der Waals surface area contributed by atoms with Crippen LogP contribution in [0.5, 0.6) is 0 Å². The molecule has 0 bridgehead atoms. The van der Waals surface area contributed by atoms with E-state index in [1.54, 1.807) is 6.20 Å². The summed E-state index contributed by atoms with van der Waals surface area (Å²) in [4.78, 5) is 18.1. The van der Waals surface area contributed by atoms with E-state index in [4.69, 9.17) is 0 Å². The van der Waals surface area contributed by atoms with E-state index in [1.807, 2.05) is 0 Å². The number of anilines is 1. The van der Waals surface area contributed by atoms with Crippen molar-refractivity contribution in [3.05, 3.63) is 47.8 Å². The summed E-state index contributed by atoms with van der Waals surface area (Å²) in [5.41, 5.74) is 0.370. The normalized spacial score (nSPS) is 10.5. The molecule has 1 heterocycles. The number of hydrogen-bond acceptors (Lipinski definition) is 2. The molecule has 2 rings (SSSR count). The van der Waals surface area contributed by atoms with E-state index in [9.17, 15) is 18.0 Å². The van der Waals surface area contributed by atoms with Crippen LogP contribution in [0.3, 0.4) is 0 Å². The molecule has 0 aliphatic heterocycles. The number of rotatable bonds is 4. The monoisotopic (exact) mass is 269 g/mol. The molecule has 0 atom stereocenters. The van der Waals surface area contributed by atoms with E-state index >= 15 is 0 Å². The van der Waals surface area contributed by atoms with Gasteiger partial charge in [-0.1, -0.05) is 0 Å². The fourth-order valence-corrected chi connectivity index (χ4v) is 1.50. The molecule has 2 aromatic rings. The van der Waals surface area contributed by atoms with Crippen LogP contribution in [0, 0.1) is 17.5 Å². The number of aromatic nitrogens is 2. The Morgan fingerprint density at radius 2 is 2.05 bits per heavy atom. The molecule has 7 heteroatoms. The molecule has 0 saturated carbocycles. The maximum Gasteiger partial charge on any atom is 0.224 e. The molecule has 0 aliphatic carbocycles. The van der Waals surface area contributed by atoms with Gasteiger partial charge >= 0.3 is 0 Å². The highest BCUT2D eigenvalue weighted by molar-refractivity contribution is 5.90. The molecule has 0 fully saturated rings. The summed E-state index contributed by atoms with van der Waals surface area (Å²) in [5, 5.41) is 2.19. The first-order valence-corrected chi connectivity index (χ1v) is 5.48. The Morgan fingerprint density at radius 3 is 2.74 bits per heavy atom. The molecule has 1 aromatic heterocycles. The van der Waals surface area contributed by atoms with Crippen LogP contribution in [0.25, 0.3) is 0 Å². The van der Waals surface area contributed by atoms with Crippen molar-refractivity contribution in [3.63, 3.8) is 0 Å². The summed E-state index contributed by atoms with van der Waals surface area (Å²) in [5.74, 6) is -4.81. The number of nitrogens with one attached hydrogen (secondary N) is 2. The molecular formula is C12H10F3N3O. The van der Waals surface area contributed by atoms with Crippen LogP contribution in [0.4, 0.5) is 18.9 Å². The molecule has 0 spiro atoms. The number of benzene rings is 1. The smallest absolute Gasteiger partial charge is 0.224 e. The predicted molar refractivity (Wildman–Crippen MR) is 61.9 cm³/mol. The third kappa shape index (κ3) is 3.12. The van der Waals surface area contributed by atoms with Gasteiger partial charge in [0.2, 0.25) is 5.91 Å². The zero-order valence-electron chi connectivity index (χ0n) is 9.71. The second-order valence-corrected chi connectivity index (χ2v) is 3.85. The Balaban J connectivity index is 1.97. The summed E-state index contributed by atoms with van der Waals surface area (Å²) >= 11 is 0. The van der Waals surface area contributed by atoms with Crippen molar-refractivity contribution < 1.29 is 18.0 Å². The van der Waals surface area contributed by atoms with E-state index < -0.39 is 23.4 Å². The second-order valence-electron chi connectivity index (χ2n) is 3.85. The van der Waals surface area contributed by atoms with E-state index in [-0.39, 0.29) is 12.1 Å². The Hall–Kier alpha value is -2.31. The van der Waals surface area contributed by atoms with Gasteiger partial charge in [0.15, 0.2) is 17.5 Å². The first kappa shape index (κ1) is 13.1. The van der Waals surface area contributed by atoms with Crippen LogP contribution in [0.2, 0.25) is 0 Å². The van der Waals surface area contributed by atoms with Crippen molar-refractivity contribution >= 4 is 11.6 Å². The van der Waals surface area contributed by atoms with E-state index in [1.165, 1.54) is 6.33 Å². The minimum atomic E-state index is -1.61. The number of halogens is 3. The van der Waals surface area contributed by atoms with Crippen molar-refractivity contribution in [2.24, 2.45) is 0 Å². The molecule has 0 radical (unpaired) electrons. The largest absolute Gasteiger partial charge is 0.348 e. The van der Waals surface area contributed by atoms with Gasteiger partial charge in [-0.3, -0.25) is 4.79 Å². The van der Waals surface area contributed by atoms with Crippen molar-refractivity contribution in [2.75, 3.05) is 5.32 Å². The lowest BCUT2D eigenvalue weighted by molar-refractivity contribution is -0.116. The Kier molecular flexibility index (Phi) is 3.84. The lowest BCUT2D eigenvalue weighted by Gasteiger charge is -2.06. The van der Waals surface area contributed by atoms with Crippen LogP contribution < -0.4 is 5.32 Å². The predicted octanol–water partition coefficient (Wildman–Crippen LogP) is 2.40. The van der Waals surface area contributed by atoms with Gasteiger partial charge in [-0.2, -0.15) is 0 Å². The number of imidazole rings is 1. The quantitative estimate of drug-likeness (QED) is 0.837. The zero-order chi connectivity index (χ0) is 13.8. The lowest BCUT2D eigenvalue weighted by Crippen LogP contribution is -2.14. The standard InChI is InChI=1S/C12H10F3N3O/c13-8-2-3-9(12(15)11(8)14)18-10(19)4-1-7-5-16-6-17-7/h2-3,5-6H,1,4H2,(H,16,17)(H,18,19). The molecule has 1 amide bonds. The fraction of sp³-hybridized carbons (Fsp3) is 0.167. The zero-order valence-corrected chi connectivity index (χ0v) is 9.71. The summed E-state index contributed by atoms with van der Waals surface area (Å²) in [7, 11) is 0. The number of amides is 1. The van der Waals surface area contributed by atoms with Gasteiger partial charge < -0.3 is 10.3 Å². The van der Waals surface area contributed by atoms with Crippen LogP contribution in [-0.4, -0.2) is 15.9 Å². The number of H-pyrrole nitrogens is 1. The third-order valence-electron chi connectivity index (χ3n) is 2.49. The highest BCUT2D eigenvalue weighted by atomic mass is 19.2. The first-order valence-electron chi connectivity index (χ1n) is 5.48. The van der Waals surface area contributed by atoms with Gasteiger partial charge in [-0.05, 0) is 18.6 Å².